The van der Waals surface area contributed by atoms with Crippen LogP contribution in [0.3, 0.4) is 0 Å². The fourth-order valence-corrected chi connectivity index (χ4v) is 2.70. The van der Waals surface area contributed by atoms with E-state index in [0.29, 0.717) is 43.6 Å². The van der Waals surface area contributed by atoms with Gasteiger partial charge in [-0.1, -0.05) is 0 Å². The van der Waals surface area contributed by atoms with Gasteiger partial charge in [0.1, 0.15) is 5.69 Å². The quantitative estimate of drug-likeness (QED) is 0.896. The highest BCUT2D eigenvalue weighted by Crippen LogP contribution is 2.14. The first-order valence-electron chi connectivity index (χ1n) is 8.57. The van der Waals surface area contributed by atoms with Crippen LogP contribution >= 0.6 is 0 Å². The monoisotopic (exact) mass is 357 g/mol. The fourth-order valence-electron chi connectivity index (χ4n) is 2.70. The van der Waals surface area contributed by atoms with Gasteiger partial charge in [0.25, 0.3) is 11.8 Å². The zero-order valence-electron chi connectivity index (χ0n) is 15.2. The summed E-state index contributed by atoms with van der Waals surface area (Å²) in [6.07, 6.45) is 3.08. The van der Waals surface area contributed by atoms with E-state index in [1.807, 2.05) is 25.7 Å². The molecule has 1 aliphatic rings. The first-order chi connectivity index (χ1) is 12.3. The molecular formula is C18H23N5O3. The molecule has 8 heteroatoms. The van der Waals surface area contributed by atoms with E-state index < -0.39 is 0 Å². The lowest BCUT2D eigenvalue weighted by molar-refractivity contribution is 0.0714. The van der Waals surface area contributed by atoms with E-state index in [2.05, 4.69) is 15.3 Å². The summed E-state index contributed by atoms with van der Waals surface area (Å²) < 4.78 is 5.17. The number of amides is 2. The third-order valence-electron chi connectivity index (χ3n) is 3.95. The van der Waals surface area contributed by atoms with Gasteiger partial charge in [0, 0.05) is 37.9 Å². The first kappa shape index (κ1) is 17.9. The summed E-state index contributed by atoms with van der Waals surface area (Å²) >= 11 is 0. The lowest BCUT2D eigenvalue weighted by Crippen LogP contribution is -2.49. The number of nitrogens with one attached hydrogen (secondary N) is 1. The number of piperazine rings is 1. The van der Waals surface area contributed by atoms with E-state index in [4.69, 9.17) is 4.42 Å². The minimum absolute atomic E-state index is 0.117. The molecule has 138 valence electrons. The Balaban J connectivity index is 1.63. The lowest BCUT2D eigenvalue weighted by Gasteiger charge is -2.34. The zero-order valence-corrected chi connectivity index (χ0v) is 15.2. The Morgan fingerprint density at radius 3 is 2.50 bits per heavy atom. The third kappa shape index (κ3) is 4.19. The third-order valence-corrected chi connectivity index (χ3v) is 3.95. The summed E-state index contributed by atoms with van der Waals surface area (Å²) in [6.45, 7) is 8.03. The van der Waals surface area contributed by atoms with Crippen molar-refractivity contribution in [3.8, 4) is 0 Å². The van der Waals surface area contributed by atoms with Crippen molar-refractivity contribution in [2.45, 2.75) is 26.3 Å². The highest BCUT2D eigenvalue weighted by molar-refractivity contribution is 5.93. The molecule has 0 aliphatic carbocycles. The van der Waals surface area contributed by atoms with E-state index >= 15 is 0 Å². The van der Waals surface area contributed by atoms with Crippen molar-refractivity contribution in [3.63, 3.8) is 0 Å². The number of rotatable bonds is 3. The van der Waals surface area contributed by atoms with Crippen LogP contribution in [0.25, 0.3) is 0 Å². The SMILES string of the molecule is CC(C)(C)NC(=O)c1ccnc(N2CCN(C(=O)c3ccco3)CC2)n1. The second-order valence-electron chi connectivity index (χ2n) is 7.20. The summed E-state index contributed by atoms with van der Waals surface area (Å²) in [7, 11) is 0. The Morgan fingerprint density at radius 1 is 1.15 bits per heavy atom. The molecule has 1 fully saturated rings. The molecule has 2 amide bonds. The molecule has 3 rings (SSSR count). The number of hydrogen-bond donors (Lipinski definition) is 1. The number of nitrogens with zero attached hydrogens (tertiary/aromatic N) is 4. The van der Waals surface area contributed by atoms with Crippen LogP contribution in [-0.2, 0) is 0 Å². The minimum Gasteiger partial charge on any atom is -0.459 e. The van der Waals surface area contributed by atoms with Gasteiger partial charge in [-0.15, -0.1) is 0 Å². The molecule has 1 N–H and O–H groups in total. The number of aromatic nitrogens is 2. The molecule has 0 aromatic carbocycles. The molecule has 26 heavy (non-hydrogen) atoms. The lowest BCUT2D eigenvalue weighted by atomic mass is 10.1. The van der Waals surface area contributed by atoms with Gasteiger partial charge < -0.3 is 19.5 Å². The average molecular weight is 357 g/mol. The molecular weight excluding hydrogens is 334 g/mol. The largest absolute Gasteiger partial charge is 0.459 e. The van der Waals surface area contributed by atoms with Crippen LogP contribution in [0.2, 0.25) is 0 Å². The van der Waals surface area contributed by atoms with Crippen molar-refractivity contribution in [1.29, 1.82) is 0 Å². The van der Waals surface area contributed by atoms with Crippen molar-refractivity contribution in [2.24, 2.45) is 0 Å². The topological polar surface area (TPSA) is 91.6 Å². The Hall–Kier alpha value is -2.90. The molecule has 0 radical (unpaired) electrons. The molecule has 0 saturated carbocycles. The van der Waals surface area contributed by atoms with Crippen molar-refractivity contribution in [1.82, 2.24) is 20.2 Å². The van der Waals surface area contributed by atoms with E-state index in [0.717, 1.165) is 0 Å². The van der Waals surface area contributed by atoms with Crippen LogP contribution < -0.4 is 10.2 Å². The molecule has 3 heterocycles. The number of carbonyl (C=O) groups excluding carboxylic acids is 2. The maximum atomic E-state index is 12.3. The van der Waals surface area contributed by atoms with Crippen LogP contribution in [-0.4, -0.2) is 58.4 Å². The van der Waals surface area contributed by atoms with Gasteiger partial charge in [-0.25, -0.2) is 9.97 Å². The normalized spacial score (nSPS) is 15.0. The second kappa shape index (κ2) is 7.15. The van der Waals surface area contributed by atoms with Gasteiger partial charge in [0.2, 0.25) is 5.95 Å². The van der Waals surface area contributed by atoms with Crippen molar-refractivity contribution < 1.29 is 14.0 Å². The van der Waals surface area contributed by atoms with E-state index in [1.54, 1.807) is 29.3 Å². The number of anilines is 1. The second-order valence-corrected chi connectivity index (χ2v) is 7.20. The molecule has 2 aromatic heterocycles. The number of carbonyl (C=O) groups is 2. The smallest absolute Gasteiger partial charge is 0.289 e. The van der Waals surface area contributed by atoms with Crippen LogP contribution in [0.1, 0.15) is 41.8 Å². The molecule has 0 atom stereocenters. The van der Waals surface area contributed by atoms with Crippen LogP contribution in [0, 0.1) is 0 Å². The van der Waals surface area contributed by atoms with E-state index in [-0.39, 0.29) is 17.4 Å². The predicted molar refractivity (Wildman–Crippen MR) is 96.1 cm³/mol. The summed E-state index contributed by atoms with van der Waals surface area (Å²) in [5, 5.41) is 2.89. The molecule has 0 spiro atoms. The van der Waals surface area contributed by atoms with Gasteiger partial charge in [0.15, 0.2) is 5.76 Å². The van der Waals surface area contributed by atoms with Gasteiger partial charge in [-0.3, -0.25) is 9.59 Å². The maximum Gasteiger partial charge on any atom is 0.289 e. The van der Waals surface area contributed by atoms with Crippen LogP contribution in [0.15, 0.2) is 35.1 Å². The van der Waals surface area contributed by atoms with Crippen molar-refractivity contribution >= 4 is 17.8 Å². The number of furan rings is 1. The zero-order chi connectivity index (χ0) is 18.7. The highest BCUT2D eigenvalue weighted by Gasteiger charge is 2.25. The fraction of sp³-hybridized carbons (Fsp3) is 0.444. The minimum atomic E-state index is -0.333. The summed E-state index contributed by atoms with van der Waals surface area (Å²) in [6, 6.07) is 4.96. The molecule has 1 saturated heterocycles. The standard InChI is InChI=1S/C18H23N5O3/c1-18(2,3)21-15(24)13-6-7-19-17(20-13)23-10-8-22(9-11-23)16(25)14-5-4-12-26-14/h4-7,12H,8-11H2,1-3H3,(H,21,24). The summed E-state index contributed by atoms with van der Waals surface area (Å²) in [4.78, 5) is 37.0. The Morgan fingerprint density at radius 2 is 1.88 bits per heavy atom. The Labute approximate surface area is 152 Å². The van der Waals surface area contributed by atoms with E-state index in [9.17, 15) is 9.59 Å². The maximum absolute atomic E-state index is 12.3. The number of hydrogen-bond acceptors (Lipinski definition) is 6. The van der Waals surface area contributed by atoms with Crippen molar-refractivity contribution in [3.05, 3.63) is 42.1 Å². The molecule has 2 aromatic rings. The van der Waals surface area contributed by atoms with E-state index in [1.165, 1.54) is 6.26 Å². The summed E-state index contributed by atoms with van der Waals surface area (Å²) in [5.41, 5.74) is -0.000876. The Bertz CT molecular complexity index is 774. The molecule has 1 aliphatic heterocycles. The van der Waals surface area contributed by atoms with Gasteiger partial charge in [-0.2, -0.15) is 0 Å². The molecule has 0 unspecified atom stereocenters. The highest BCUT2D eigenvalue weighted by atomic mass is 16.3. The average Bonchev–Trinajstić information content (AvgIpc) is 3.14. The molecule has 8 nitrogen and oxygen atoms in total. The first-order valence-corrected chi connectivity index (χ1v) is 8.57. The molecule has 0 bridgehead atoms. The van der Waals surface area contributed by atoms with Crippen LogP contribution in [0.4, 0.5) is 5.95 Å². The van der Waals surface area contributed by atoms with Gasteiger partial charge in [-0.05, 0) is 39.0 Å². The van der Waals surface area contributed by atoms with Crippen LogP contribution in [0.5, 0.6) is 0 Å². The Kier molecular flexibility index (Phi) is 4.92. The van der Waals surface area contributed by atoms with Gasteiger partial charge >= 0.3 is 0 Å². The van der Waals surface area contributed by atoms with Crippen molar-refractivity contribution in [2.75, 3.05) is 31.1 Å². The predicted octanol–water partition coefficient (Wildman–Crippen LogP) is 1.56. The van der Waals surface area contributed by atoms with Gasteiger partial charge in [0.05, 0.1) is 6.26 Å². The summed E-state index contributed by atoms with van der Waals surface area (Å²) in [5.74, 6) is 0.494.